The highest BCUT2D eigenvalue weighted by atomic mass is 35.5. The van der Waals surface area contributed by atoms with Crippen LogP contribution < -0.4 is 4.74 Å². The molecule has 0 N–H and O–H groups in total. The van der Waals surface area contributed by atoms with Crippen LogP contribution in [0.5, 0.6) is 5.75 Å². The van der Waals surface area contributed by atoms with E-state index in [9.17, 15) is 4.79 Å². The van der Waals surface area contributed by atoms with Crippen molar-refractivity contribution in [2.24, 2.45) is 0 Å². The van der Waals surface area contributed by atoms with Gasteiger partial charge in [0.1, 0.15) is 5.75 Å². The molecule has 2 rings (SSSR count). The maximum absolute atomic E-state index is 12.0. The van der Waals surface area contributed by atoms with Crippen molar-refractivity contribution in [1.29, 1.82) is 0 Å². The van der Waals surface area contributed by atoms with E-state index in [2.05, 4.69) is 4.98 Å². The van der Waals surface area contributed by atoms with E-state index in [1.807, 2.05) is 31.2 Å². The average Bonchev–Trinajstić information content (AvgIpc) is 2.54. The minimum atomic E-state index is -0.0662. The fraction of sp³-hybridized carbons (Fsp3) is 0.294. The van der Waals surface area contributed by atoms with Crippen LogP contribution in [0.25, 0.3) is 0 Å². The Bertz CT molecular complexity index is 632. The van der Waals surface area contributed by atoms with Crippen LogP contribution in [-0.4, -0.2) is 36.0 Å². The van der Waals surface area contributed by atoms with Crippen LogP contribution in [0.4, 0.5) is 0 Å². The number of carbonyl (C=O) groups is 1. The van der Waals surface area contributed by atoms with Crippen molar-refractivity contribution in [2.75, 3.05) is 20.2 Å². The Morgan fingerprint density at radius 1 is 1.32 bits per heavy atom. The molecule has 0 aliphatic rings. The van der Waals surface area contributed by atoms with Gasteiger partial charge < -0.3 is 9.64 Å². The average molecular weight is 319 g/mol. The summed E-state index contributed by atoms with van der Waals surface area (Å²) in [4.78, 5) is 17.9. The fourth-order valence-corrected chi connectivity index (χ4v) is 2.03. The molecule has 0 saturated carbocycles. The highest BCUT2D eigenvalue weighted by molar-refractivity contribution is 6.31. The summed E-state index contributed by atoms with van der Waals surface area (Å²) < 4.78 is 5.51. The number of likely N-dealkylation sites (N-methyl/N-ethyl adjacent to an activating group) is 1. The van der Waals surface area contributed by atoms with Crippen molar-refractivity contribution in [3.8, 4) is 5.75 Å². The zero-order valence-electron chi connectivity index (χ0n) is 12.8. The first-order valence-electron chi connectivity index (χ1n) is 7.09. The quantitative estimate of drug-likeness (QED) is 0.822. The van der Waals surface area contributed by atoms with Gasteiger partial charge in [-0.1, -0.05) is 17.7 Å². The van der Waals surface area contributed by atoms with Gasteiger partial charge in [0.2, 0.25) is 0 Å². The molecule has 1 heterocycles. The van der Waals surface area contributed by atoms with Crippen LogP contribution in [0.2, 0.25) is 5.02 Å². The van der Waals surface area contributed by atoms with E-state index >= 15 is 0 Å². The van der Waals surface area contributed by atoms with Gasteiger partial charge in [-0.2, -0.15) is 0 Å². The van der Waals surface area contributed by atoms with Crippen molar-refractivity contribution < 1.29 is 9.53 Å². The van der Waals surface area contributed by atoms with E-state index in [0.29, 0.717) is 17.3 Å². The fourth-order valence-electron chi connectivity index (χ4n) is 1.92. The van der Waals surface area contributed by atoms with Gasteiger partial charge in [-0.15, -0.1) is 0 Å². The van der Waals surface area contributed by atoms with E-state index in [0.717, 1.165) is 17.7 Å². The van der Waals surface area contributed by atoms with Crippen molar-refractivity contribution in [2.45, 2.75) is 13.3 Å². The number of nitrogens with zero attached hydrogens (tertiary/aromatic N) is 2. The number of ether oxygens (including phenoxy) is 1. The van der Waals surface area contributed by atoms with Crippen molar-refractivity contribution in [1.82, 2.24) is 9.88 Å². The Morgan fingerprint density at radius 2 is 2.14 bits per heavy atom. The lowest BCUT2D eigenvalue weighted by molar-refractivity contribution is -0.132. The summed E-state index contributed by atoms with van der Waals surface area (Å²) in [5.41, 5.74) is 1.89. The number of aromatic nitrogens is 1. The molecule has 0 aliphatic carbocycles. The summed E-state index contributed by atoms with van der Waals surface area (Å²) in [5.74, 6) is 0.580. The highest BCUT2D eigenvalue weighted by Gasteiger charge is 2.10. The topological polar surface area (TPSA) is 42.4 Å². The van der Waals surface area contributed by atoms with E-state index in [1.165, 1.54) is 0 Å². The molecule has 2 aromatic rings. The van der Waals surface area contributed by atoms with Gasteiger partial charge >= 0.3 is 0 Å². The number of hydrogen-bond acceptors (Lipinski definition) is 3. The number of hydrogen-bond donors (Lipinski definition) is 0. The predicted molar refractivity (Wildman–Crippen MR) is 87.3 cm³/mol. The van der Waals surface area contributed by atoms with E-state index in [-0.39, 0.29) is 12.5 Å². The second-order valence-electron chi connectivity index (χ2n) is 5.09. The third kappa shape index (κ3) is 4.74. The van der Waals surface area contributed by atoms with E-state index in [1.54, 1.807) is 30.3 Å². The molecule has 22 heavy (non-hydrogen) atoms. The first-order chi connectivity index (χ1) is 10.6. The van der Waals surface area contributed by atoms with Crippen LogP contribution in [0, 0.1) is 6.92 Å². The van der Waals surface area contributed by atoms with Crippen LogP contribution in [0.3, 0.4) is 0 Å². The van der Waals surface area contributed by atoms with Crippen LogP contribution in [-0.2, 0) is 11.2 Å². The number of aryl methyl sites for hydroxylation is 1. The molecule has 0 aliphatic heterocycles. The second kappa shape index (κ2) is 7.80. The Kier molecular flexibility index (Phi) is 5.78. The number of benzene rings is 1. The predicted octanol–water partition coefficient (Wildman–Crippen LogP) is 3.12. The van der Waals surface area contributed by atoms with E-state index < -0.39 is 0 Å². The van der Waals surface area contributed by atoms with Gasteiger partial charge in [0.05, 0.1) is 0 Å². The largest absolute Gasteiger partial charge is 0.484 e. The van der Waals surface area contributed by atoms with Gasteiger partial charge in [0.25, 0.3) is 5.91 Å². The summed E-state index contributed by atoms with van der Waals surface area (Å²) in [6, 6.07) is 11.1. The Balaban J connectivity index is 1.79. The van der Waals surface area contributed by atoms with Gasteiger partial charge in [-0.25, -0.2) is 0 Å². The minimum absolute atomic E-state index is 0.0137. The lowest BCUT2D eigenvalue weighted by atomic mass is 10.2. The molecule has 0 unspecified atom stereocenters. The SMILES string of the molecule is Cc1cc(OCC(=O)N(C)CCc2ccccn2)ccc1Cl. The standard InChI is InChI=1S/C17H19ClN2O2/c1-13-11-15(6-7-16(13)18)22-12-17(21)20(2)10-8-14-5-3-4-9-19-14/h3-7,9,11H,8,10,12H2,1-2H3. The maximum atomic E-state index is 12.0. The molecular formula is C17H19ClN2O2. The minimum Gasteiger partial charge on any atom is -0.484 e. The number of halogens is 1. The number of pyridine rings is 1. The third-order valence-corrected chi connectivity index (χ3v) is 3.77. The Hall–Kier alpha value is -2.07. The van der Waals surface area contributed by atoms with E-state index in [4.69, 9.17) is 16.3 Å². The third-order valence-electron chi connectivity index (χ3n) is 3.35. The summed E-state index contributed by atoms with van der Waals surface area (Å²) in [7, 11) is 1.77. The van der Waals surface area contributed by atoms with Crippen LogP contribution >= 0.6 is 11.6 Å². The summed E-state index contributed by atoms with van der Waals surface area (Å²) in [6.07, 6.45) is 2.48. The summed E-state index contributed by atoms with van der Waals surface area (Å²) in [5, 5.41) is 0.686. The number of carbonyl (C=O) groups excluding carboxylic acids is 1. The second-order valence-corrected chi connectivity index (χ2v) is 5.49. The molecule has 5 heteroatoms. The first-order valence-corrected chi connectivity index (χ1v) is 7.47. The number of amides is 1. The van der Waals surface area contributed by atoms with Crippen LogP contribution in [0.15, 0.2) is 42.6 Å². The van der Waals surface area contributed by atoms with Gasteiger partial charge in [0, 0.05) is 36.9 Å². The molecule has 0 spiro atoms. The molecule has 0 saturated heterocycles. The zero-order chi connectivity index (χ0) is 15.9. The van der Waals surface area contributed by atoms with Crippen molar-refractivity contribution >= 4 is 17.5 Å². The lowest BCUT2D eigenvalue weighted by Gasteiger charge is -2.17. The van der Waals surface area contributed by atoms with Crippen molar-refractivity contribution in [3.05, 3.63) is 58.9 Å². The maximum Gasteiger partial charge on any atom is 0.260 e. The van der Waals surface area contributed by atoms with Crippen LogP contribution in [0.1, 0.15) is 11.3 Å². The molecule has 0 radical (unpaired) electrons. The molecule has 116 valence electrons. The first kappa shape index (κ1) is 16.3. The van der Waals surface area contributed by atoms with Gasteiger partial charge in [0.15, 0.2) is 6.61 Å². The van der Waals surface area contributed by atoms with Gasteiger partial charge in [-0.3, -0.25) is 9.78 Å². The molecule has 1 aromatic carbocycles. The Morgan fingerprint density at radius 3 is 2.82 bits per heavy atom. The molecule has 0 bridgehead atoms. The molecule has 0 fully saturated rings. The smallest absolute Gasteiger partial charge is 0.260 e. The molecule has 0 atom stereocenters. The molecule has 1 amide bonds. The molecule has 4 nitrogen and oxygen atoms in total. The lowest BCUT2D eigenvalue weighted by Crippen LogP contribution is -2.33. The molecular weight excluding hydrogens is 300 g/mol. The zero-order valence-corrected chi connectivity index (χ0v) is 13.5. The van der Waals surface area contributed by atoms with Crippen molar-refractivity contribution in [3.63, 3.8) is 0 Å². The molecule has 1 aromatic heterocycles. The summed E-state index contributed by atoms with van der Waals surface area (Å²) >= 11 is 5.96. The highest BCUT2D eigenvalue weighted by Crippen LogP contribution is 2.20. The van der Waals surface area contributed by atoms with Gasteiger partial charge in [-0.05, 0) is 42.8 Å². The summed E-state index contributed by atoms with van der Waals surface area (Å²) in [6.45, 7) is 2.52. The monoisotopic (exact) mass is 318 g/mol. The number of rotatable bonds is 6. The Labute approximate surface area is 135 Å². The normalized spacial score (nSPS) is 10.3.